The molecule has 0 aromatic carbocycles. The second-order valence-electron chi connectivity index (χ2n) is 2.63. The van der Waals surface area contributed by atoms with E-state index in [0.29, 0.717) is 5.15 Å². The van der Waals surface area contributed by atoms with E-state index in [4.69, 9.17) is 11.6 Å². The van der Waals surface area contributed by atoms with Gasteiger partial charge in [0.2, 0.25) is 0 Å². The van der Waals surface area contributed by atoms with Gasteiger partial charge in [-0.3, -0.25) is 0 Å². The highest BCUT2D eigenvalue weighted by Gasteiger charge is 2.05. The predicted octanol–water partition coefficient (Wildman–Crippen LogP) is 3.99. The molecule has 2 aromatic rings. The summed E-state index contributed by atoms with van der Waals surface area (Å²) in [5, 5.41) is 0.565. The summed E-state index contributed by atoms with van der Waals surface area (Å²) >= 11 is 7.57. The molecule has 2 nitrogen and oxygen atoms in total. The van der Waals surface area contributed by atoms with E-state index < -0.39 is 0 Å². The van der Waals surface area contributed by atoms with Crippen LogP contribution in [-0.4, -0.2) is 9.97 Å². The molecular weight excluding hydrogens is 216 g/mol. The van der Waals surface area contributed by atoms with E-state index in [-0.39, 0.29) is 0 Å². The summed E-state index contributed by atoms with van der Waals surface area (Å²) in [6, 6.07) is 2.03. The molecule has 0 aliphatic carbocycles. The van der Waals surface area contributed by atoms with Gasteiger partial charge >= 0.3 is 0 Å². The van der Waals surface area contributed by atoms with Crippen LogP contribution in [0.3, 0.4) is 0 Å². The van der Waals surface area contributed by atoms with Crippen molar-refractivity contribution in [3.63, 3.8) is 0 Å². The van der Waals surface area contributed by atoms with Crippen molar-refractivity contribution in [2.75, 3.05) is 0 Å². The van der Waals surface area contributed by atoms with Crippen LogP contribution in [0.1, 0.15) is 24.5 Å². The zero-order valence-corrected chi connectivity index (χ0v) is 10.3. The van der Waals surface area contributed by atoms with E-state index in [1.54, 1.807) is 11.3 Å². The lowest BCUT2D eigenvalue weighted by Gasteiger charge is -1.93. The molecule has 0 saturated carbocycles. The molecule has 0 unspecified atom stereocenters. The Morgan fingerprint density at radius 1 is 1.21 bits per heavy atom. The van der Waals surface area contributed by atoms with Crippen LogP contribution in [0.2, 0.25) is 5.15 Å². The van der Waals surface area contributed by atoms with Crippen molar-refractivity contribution in [3.8, 4) is 0 Å². The van der Waals surface area contributed by atoms with Crippen LogP contribution >= 0.6 is 22.9 Å². The molecule has 0 fully saturated rings. The lowest BCUT2D eigenvalue weighted by molar-refractivity contribution is 1.10. The maximum Gasteiger partial charge on any atom is 0.150 e. The third kappa shape index (κ3) is 2.22. The Balaban J connectivity index is 0.000000461. The fraction of sp³-hybridized carbons (Fsp3) is 0.400. The van der Waals surface area contributed by atoms with Crippen molar-refractivity contribution in [3.05, 3.63) is 21.9 Å². The Kier molecular flexibility index (Phi) is 3.84. The molecule has 0 aliphatic rings. The standard InChI is InChI=1S/C8H7ClN2S.C2H6/c1-4-3-6-7(12-4)8(9)11-5(2)10-6;1-2/h3H,1-2H3;1-2H3. The summed E-state index contributed by atoms with van der Waals surface area (Å²) in [7, 11) is 0. The van der Waals surface area contributed by atoms with Crippen LogP contribution in [0.4, 0.5) is 0 Å². The van der Waals surface area contributed by atoms with Crippen LogP contribution in [0.15, 0.2) is 6.07 Å². The molecule has 2 rings (SSSR count). The fourth-order valence-electron chi connectivity index (χ4n) is 1.12. The van der Waals surface area contributed by atoms with Gasteiger partial charge in [0.05, 0.1) is 10.2 Å². The van der Waals surface area contributed by atoms with Crippen LogP contribution in [0.5, 0.6) is 0 Å². The average molecular weight is 229 g/mol. The zero-order valence-electron chi connectivity index (χ0n) is 8.76. The molecule has 0 radical (unpaired) electrons. The summed E-state index contributed by atoms with van der Waals surface area (Å²) in [5.41, 5.74) is 0.954. The highest BCUT2D eigenvalue weighted by molar-refractivity contribution is 7.19. The number of thiophene rings is 1. The van der Waals surface area contributed by atoms with Crippen LogP contribution in [0.25, 0.3) is 10.2 Å². The van der Waals surface area contributed by atoms with Crippen molar-refractivity contribution in [1.82, 2.24) is 9.97 Å². The van der Waals surface area contributed by atoms with E-state index in [2.05, 4.69) is 9.97 Å². The van der Waals surface area contributed by atoms with E-state index in [9.17, 15) is 0 Å². The Labute approximate surface area is 93.0 Å². The average Bonchev–Trinajstić information content (AvgIpc) is 2.49. The molecular formula is C10H13ClN2S. The highest BCUT2D eigenvalue weighted by Crippen LogP contribution is 2.28. The van der Waals surface area contributed by atoms with Gasteiger partial charge in [0, 0.05) is 4.88 Å². The topological polar surface area (TPSA) is 25.8 Å². The number of aromatic nitrogens is 2. The van der Waals surface area contributed by atoms with Gasteiger partial charge in [-0.25, -0.2) is 9.97 Å². The number of nitrogens with zero attached hydrogens (tertiary/aromatic N) is 2. The Morgan fingerprint density at radius 2 is 1.86 bits per heavy atom. The normalized spacial score (nSPS) is 9.79. The first-order chi connectivity index (χ1) is 6.66. The lowest BCUT2D eigenvalue weighted by atomic mass is 10.4. The summed E-state index contributed by atoms with van der Waals surface area (Å²) in [5.74, 6) is 0.727. The SMILES string of the molecule is CC.Cc1nc(Cl)c2sc(C)cc2n1. The molecule has 4 heteroatoms. The van der Waals surface area contributed by atoms with Gasteiger partial charge in [0.25, 0.3) is 0 Å². The number of hydrogen-bond acceptors (Lipinski definition) is 3. The predicted molar refractivity (Wildman–Crippen MR) is 63.2 cm³/mol. The van der Waals surface area contributed by atoms with Gasteiger partial charge in [-0.1, -0.05) is 25.4 Å². The molecule has 14 heavy (non-hydrogen) atoms. The maximum absolute atomic E-state index is 5.93. The van der Waals surface area contributed by atoms with Gasteiger partial charge in [-0.05, 0) is 19.9 Å². The molecule has 0 N–H and O–H groups in total. The number of fused-ring (bicyclic) bond motifs is 1. The largest absolute Gasteiger partial charge is 0.232 e. The van der Waals surface area contributed by atoms with Gasteiger partial charge in [0.15, 0.2) is 5.15 Å². The monoisotopic (exact) mass is 228 g/mol. The van der Waals surface area contributed by atoms with Crippen molar-refractivity contribution in [2.45, 2.75) is 27.7 Å². The maximum atomic E-state index is 5.93. The molecule has 0 spiro atoms. The Morgan fingerprint density at radius 3 is 2.50 bits per heavy atom. The summed E-state index contributed by atoms with van der Waals surface area (Å²) < 4.78 is 0.986. The second-order valence-corrected chi connectivity index (χ2v) is 4.25. The first-order valence-corrected chi connectivity index (χ1v) is 5.76. The quantitative estimate of drug-likeness (QED) is 0.638. The van der Waals surface area contributed by atoms with E-state index >= 15 is 0 Å². The van der Waals surface area contributed by atoms with E-state index in [1.807, 2.05) is 33.8 Å². The zero-order chi connectivity index (χ0) is 10.7. The van der Waals surface area contributed by atoms with Crippen molar-refractivity contribution in [1.29, 1.82) is 0 Å². The molecule has 0 atom stereocenters. The van der Waals surface area contributed by atoms with Crippen LogP contribution < -0.4 is 0 Å². The van der Waals surface area contributed by atoms with Crippen molar-refractivity contribution < 1.29 is 0 Å². The van der Waals surface area contributed by atoms with Gasteiger partial charge < -0.3 is 0 Å². The number of hydrogen-bond donors (Lipinski definition) is 0. The van der Waals surface area contributed by atoms with Gasteiger partial charge in [0.1, 0.15) is 5.82 Å². The van der Waals surface area contributed by atoms with Gasteiger partial charge in [-0.2, -0.15) is 0 Å². The second kappa shape index (κ2) is 4.71. The number of aryl methyl sites for hydroxylation is 2. The highest BCUT2D eigenvalue weighted by atomic mass is 35.5. The Hall–Kier alpha value is -0.670. The van der Waals surface area contributed by atoms with Crippen LogP contribution in [0, 0.1) is 13.8 Å². The number of rotatable bonds is 0. The minimum absolute atomic E-state index is 0.565. The smallest absolute Gasteiger partial charge is 0.150 e. The van der Waals surface area contributed by atoms with Gasteiger partial charge in [-0.15, -0.1) is 11.3 Å². The summed E-state index contributed by atoms with van der Waals surface area (Å²) in [6.07, 6.45) is 0. The first kappa shape index (κ1) is 11.4. The minimum atomic E-state index is 0.565. The third-order valence-corrected chi connectivity index (χ3v) is 3.00. The fourth-order valence-corrected chi connectivity index (χ4v) is 2.29. The lowest BCUT2D eigenvalue weighted by Crippen LogP contribution is -1.86. The molecule has 0 amide bonds. The van der Waals surface area contributed by atoms with Crippen molar-refractivity contribution in [2.24, 2.45) is 0 Å². The summed E-state index contributed by atoms with van der Waals surface area (Å²) in [6.45, 7) is 7.89. The molecule has 2 heterocycles. The number of halogens is 1. The van der Waals surface area contributed by atoms with E-state index in [0.717, 1.165) is 16.0 Å². The van der Waals surface area contributed by atoms with E-state index in [1.165, 1.54) is 4.88 Å². The first-order valence-electron chi connectivity index (χ1n) is 4.57. The van der Waals surface area contributed by atoms with Crippen molar-refractivity contribution >= 4 is 33.2 Å². The molecule has 2 aromatic heterocycles. The third-order valence-electron chi connectivity index (χ3n) is 1.57. The van der Waals surface area contributed by atoms with Crippen LogP contribution in [-0.2, 0) is 0 Å². The molecule has 0 bridgehead atoms. The molecule has 76 valence electrons. The molecule has 0 aliphatic heterocycles. The Bertz CT molecular complexity index is 437. The molecule has 0 saturated heterocycles. The summed E-state index contributed by atoms with van der Waals surface area (Å²) in [4.78, 5) is 9.57. The minimum Gasteiger partial charge on any atom is -0.232 e.